The molecule has 0 spiro atoms. The van der Waals surface area contributed by atoms with Gasteiger partial charge in [0.05, 0.1) is 26.5 Å². The van der Waals surface area contributed by atoms with Crippen molar-refractivity contribution < 1.29 is 8.42 Å². The van der Waals surface area contributed by atoms with Crippen LogP contribution < -0.4 is 4.72 Å². The first-order valence-corrected chi connectivity index (χ1v) is 8.35. The number of halogens is 3. The molecule has 3 nitrogen and oxygen atoms in total. The lowest BCUT2D eigenvalue weighted by atomic mass is 10.2. The summed E-state index contributed by atoms with van der Waals surface area (Å²) in [5, 5.41) is 1.04. The van der Waals surface area contributed by atoms with Gasteiger partial charge in [-0.2, -0.15) is 0 Å². The Labute approximate surface area is 132 Å². The third-order valence-electron chi connectivity index (χ3n) is 2.48. The van der Waals surface area contributed by atoms with E-state index in [0.717, 1.165) is 0 Å². The van der Waals surface area contributed by atoms with Gasteiger partial charge in [0.1, 0.15) is 0 Å². The van der Waals surface area contributed by atoms with Crippen LogP contribution in [0.25, 0.3) is 0 Å². The SMILES string of the molecule is O=S(=O)(Cc1ccc(Cl)c(Cl)c1)Nc1ccccc1Cl. The van der Waals surface area contributed by atoms with Crippen LogP contribution in [0, 0.1) is 0 Å². The van der Waals surface area contributed by atoms with Gasteiger partial charge in [-0.1, -0.05) is 53.0 Å². The van der Waals surface area contributed by atoms with Crippen molar-refractivity contribution in [3.8, 4) is 0 Å². The third-order valence-corrected chi connectivity index (χ3v) is 4.79. The summed E-state index contributed by atoms with van der Waals surface area (Å²) in [5.41, 5.74) is 0.883. The van der Waals surface area contributed by atoms with E-state index in [9.17, 15) is 8.42 Å². The fourth-order valence-electron chi connectivity index (χ4n) is 1.60. The average Bonchev–Trinajstić information content (AvgIpc) is 2.36. The number of hydrogen-bond donors (Lipinski definition) is 1. The second-order valence-corrected chi connectivity index (χ2v) is 7.03. The van der Waals surface area contributed by atoms with Gasteiger partial charge in [-0.05, 0) is 29.8 Å². The maximum absolute atomic E-state index is 12.1. The van der Waals surface area contributed by atoms with Crippen LogP contribution in [0.3, 0.4) is 0 Å². The number of benzene rings is 2. The standard InChI is InChI=1S/C13H10Cl3NO2S/c14-10-6-5-9(7-12(10)16)8-20(18,19)17-13-4-2-1-3-11(13)15/h1-7,17H,8H2. The van der Waals surface area contributed by atoms with Crippen molar-refractivity contribution >= 4 is 50.5 Å². The molecule has 1 N–H and O–H groups in total. The molecule has 2 aromatic carbocycles. The summed E-state index contributed by atoms with van der Waals surface area (Å²) in [6.45, 7) is 0. The van der Waals surface area contributed by atoms with E-state index in [0.29, 0.717) is 26.3 Å². The van der Waals surface area contributed by atoms with E-state index in [-0.39, 0.29) is 5.75 Å². The van der Waals surface area contributed by atoms with E-state index in [4.69, 9.17) is 34.8 Å². The Hall–Kier alpha value is -0.940. The van der Waals surface area contributed by atoms with Gasteiger partial charge in [0.2, 0.25) is 10.0 Å². The average molecular weight is 351 g/mol. The first-order valence-electron chi connectivity index (χ1n) is 5.56. The molecule has 0 saturated carbocycles. The van der Waals surface area contributed by atoms with Crippen molar-refractivity contribution in [3.05, 3.63) is 63.1 Å². The lowest BCUT2D eigenvalue weighted by Crippen LogP contribution is -2.15. The molecule has 0 aliphatic heterocycles. The molecule has 0 atom stereocenters. The van der Waals surface area contributed by atoms with Gasteiger partial charge in [-0.15, -0.1) is 0 Å². The molecule has 0 saturated heterocycles. The van der Waals surface area contributed by atoms with Crippen LogP contribution in [0.4, 0.5) is 5.69 Å². The van der Waals surface area contributed by atoms with Gasteiger partial charge in [-0.3, -0.25) is 4.72 Å². The minimum atomic E-state index is -3.58. The minimum absolute atomic E-state index is 0.213. The molecular formula is C13H10Cl3NO2S. The highest BCUT2D eigenvalue weighted by Crippen LogP contribution is 2.25. The second kappa shape index (κ2) is 6.22. The molecule has 0 unspecified atom stereocenters. The van der Waals surface area contributed by atoms with Crippen LogP contribution in [-0.4, -0.2) is 8.42 Å². The fraction of sp³-hybridized carbons (Fsp3) is 0.0769. The van der Waals surface area contributed by atoms with Gasteiger partial charge in [-0.25, -0.2) is 8.42 Å². The fourth-order valence-corrected chi connectivity index (χ4v) is 3.36. The Morgan fingerprint density at radius 1 is 0.900 bits per heavy atom. The van der Waals surface area contributed by atoms with Crippen molar-refractivity contribution in [3.63, 3.8) is 0 Å². The smallest absolute Gasteiger partial charge is 0.236 e. The van der Waals surface area contributed by atoms with Gasteiger partial charge in [0.25, 0.3) is 0 Å². The Morgan fingerprint density at radius 2 is 1.60 bits per heavy atom. The summed E-state index contributed by atoms with van der Waals surface area (Å²) in [6.07, 6.45) is 0. The van der Waals surface area contributed by atoms with Gasteiger partial charge < -0.3 is 0 Å². The highest BCUT2D eigenvalue weighted by Gasteiger charge is 2.14. The summed E-state index contributed by atoms with van der Waals surface area (Å²) in [4.78, 5) is 0. The molecule has 0 aliphatic rings. The molecule has 2 aromatic rings. The molecule has 106 valence electrons. The molecule has 0 bridgehead atoms. The maximum atomic E-state index is 12.1. The summed E-state index contributed by atoms with van der Waals surface area (Å²) in [7, 11) is -3.58. The molecule has 2 rings (SSSR count). The van der Waals surface area contributed by atoms with Crippen molar-refractivity contribution in [1.82, 2.24) is 0 Å². The summed E-state index contributed by atoms with van der Waals surface area (Å²) >= 11 is 17.6. The molecule has 20 heavy (non-hydrogen) atoms. The van der Waals surface area contributed by atoms with E-state index in [1.807, 2.05) is 0 Å². The maximum Gasteiger partial charge on any atom is 0.236 e. The highest BCUT2D eigenvalue weighted by molar-refractivity contribution is 7.91. The highest BCUT2D eigenvalue weighted by atomic mass is 35.5. The van der Waals surface area contributed by atoms with Crippen LogP contribution in [-0.2, 0) is 15.8 Å². The topological polar surface area (TPSA) is 46.2 Å². The monoisotopic (exact) mass is 349 g/mol. The van der Waals surface area contributed by atoms with E-state index in [1.54, 1.807) is 36.4 Å². The molecule has 0 fully saturated rings. The summed E-state index contributed by atoms with van der Waals surface area (Å²) in [5.74, 6) is -0.213. The lowest BCUT2D eigenvalue weighted by Gasteiger charge is -2.10. The number of hydrogen-bond acceptors (Lipinski definition) is 2. The number of nitrogens with one attached hydrogen (secondary N) is 1. The molecule has 0 amide bonds. The largest absolute Gasteiger partial charge is 0.282 e. The van der Waals surface area contributed by atoms with Crippen LogP contribution in [0.5, 0.6) is 0 Å². The van der Waals surface area contributed by atoms with Gasteiger partial charge in [0, 0.05) is 0 Å². The van der Waals surface area contributed by atoms with Crippen LogP contribution in [0.2, 0.25) is 15.1 Å². The Morgan fingerprint density at radius 3 is 2.25 bits per heavy atom. The van der Waals surface area contributed by atoms with E-state index >= 15 is 0 Å². The zero-order chi connectivity index (χ0) is 14.8. The normalized spacial score (nSPS) is 11.3. The predicted octanol–water partition coefficient (Wildman–Crippen LogP) is 4.59. The van der Waals surface area contributed by atoms with Crippen molar-refractivity contribution in [1.29, 1.82) is 0 Å². The molecule has 0 aliphatic carbocycles. The van der Waals surface area contributed by atoms with Gasteiger partial charge >= 0.3 is 0 Å². The summed E-state index contributed by atoms with van der Waals surface area (Å²) in [6, 6.07) is 11.3. The molecular weight excluding hydrogens is 341 g/mol. The first-order chi connectivity index (χ1) is 9.37. The minimum Gasteiger partial charge on any atom is -0.282 e. The Bertz CT molecular complexity index is 732. The zero-order valence-corrected chi connectivity index (χ0v) is 13.2. The number of sulfonamides is 1. The predicted molar refractivity (Wildman–Crippen MR) is 84.2 cm³/mol. The van der Waals surface area contributed by atoms with Crippen LogP contribution in [0.15, 0.2) is 42.5 Å². The number of anilines is 1. The molecule has 7 heteroatoms. The van der Waals surface area contributed by atoms with Crippen molar-refractivity contribution in [2.24, 2.45) is 0 Å². The van der Waals surface area contributed by atoms with E-state index in [2.05, 4.69) is 4.72 Å². The van der Waals surface area contributed by atoms with Gasteiger partial charge in [0.15, 0.2) is 0 Å². The van der Waals surface area contributed by atoms with E-state index in [1.165, 1.54) is 6.07 Å². The zero-order valence-electron chi connectivity index (χ0n) is 10.1. The summed E-state index contributed by atoms with van der Waals surface area (Å²) < 4.78 is 26.6. The van der Waals surface area contributed by atoms with E-state index < -0.39 is 10.0 Å². The van der Waals surface area contributed by atoms with Crippen LogP contribution >= 0.6 is 34.8 Å². The first kappa shape index (κ1) is 15.4. The number of rotatable bonds is 4. The Kier molecular flexibility index (Phi) is 4.81. The number of para-hydroxylation sites is 1. The molecule has 0 heterocycles. The van der Waals surface area contributed by atoms with Crippen molar-refractivity contribution in [2.75, 3.05) is 4.72 Å². The quantitative estimate of drug-likeness (QED) is 0.876. The lowest BCUT2D eigenvalue weighted by molar-refractivity contribution is 0.600. The Balaban J connectivity index is 2.19. The third kappa shape index (κ3) is 4.03. The molecule has 0 aromatic heterocycles. The van der Waals surface area contributed by atoms with Crippen LogP contribution in [0.1, 0.15) is 5.56 Å². The second-order valence-electron chi connectivity index (χ2n) is 4.09. The van der Waals surface area contributed by atoms with Crippen molar-refractivity contribution in [2.45, 2.75) is 5.75 Å². The molecule has 0 radical (unpaired) electrons.